The van der Waals surface area contributed by atoms with Gasteiger partial charge in [0.05, 0.1) is 5.69 Å². The Morgan fingerprint density at radius 1 is 1.67 bits per heavy atom. The van der Waals surface area contributed by atoms with Crippen LogP contribution in [0.3, 0.4) is 0 Å². The SMILES string of the molecule is CCCCc1nn(C(N)=S)c2c1CCN2. The van der Waals surface area contributed by atoms with Crippen LogP contribution in [-0.4, -0.2) is 21.4 Å². The molecule has 82 valence electrons. The number of nitrogens with zero attached hydrogens (tertiary/aromatic N) is 2. The molecule has 15 heavy (non-hydrogen) atoms. The van der Waals surface area contributed by atoms with E-state index in [4.69, 9.17) is 18.0 Å². The molecular formula is C10H16N4S. The fourth-order valence-electron chi connectivity index (χ4n) is 1.95. The van der Waals surface area contributed by atoms with E-state index in [0.717, 1.165) is 30.9 Å². The lowest BCUT2D eigenvalue weighted by Crippen LogP contribution is -2.22. The van der Waals surface area contributed by atoms with Crippen LogP contribution in [0, 0.1) is 0 Å². The summed E-state index contributed by atoms with van der Waals surface area (Å²) in [6.45, 7) is 3.15. The molecule has 0 fully saturated rings. The predicted octanol–water partition coefficient (Wildman–Crippen LogP) is 1.29. The van der Waals surface area contributed by atoms with E-state index in [2.05, 4.69) is 17.3 Å². The Bertz CT molecular complexity index is 383. The third-order valence-electron chi connectivity index (χ3n) is 2.71. The maximum absolute atomic E-state index is 5.62. The largest absolute Gasteiger partial charge is 0.374 e. The Morgan fingerprint density at radius 3 is 3.13 bits per heavy atom. The first-order chi connectivity index (χ1) is 7.24. The monoisotopic (exact) mass is 224 g/mol. The van der Waals surface area contributed by atoms with Crippen LogP contribution in [0.2, 0.25) is 0 Å². The van der Waals surface area contributed by atoms with E-state index in [0.29, 0.717) is 5.11 Å². The molecule has 5 heteroatoms. The van der Waals surface area contributed by atoms with Crippen molar-refractivity contribution in [3.63, 3.8) is 0 Å². The first-order valence-corrected chi connectivity index (χ1v) is 5.79. The number of hydrogen-bond acceptors (Lipinski definition) is 3. The third-order valence-corrected chi connectivity index (χ3v) is 2.88. The molecule has 2 heterocycles. The number of aryl methyl sites for hydroxylation is 1. The predicted molar refractivity (Wildman–Crippen MR) is 65.2 cm³/mol. The Morgan fingerprint density at radius 2 is 2.47 bits per heavy atom. The van der Waals surface area contributed by atoms with Crippen LogP contribution in [-0.2, 0) is 12.8 Å². The molecule has 0 radical (unpaired) electrons. The van der Waals surface area contributed by atoms with Crippen LogP contribution in [0.15, 0.2) is 0 Å². The maximum atomic E-state index is 5.62. The molecule has 2 rings (SSSR count). The number of rotatable bonds is 3. The summed E-state index contributed by atoms with van der Waals surface area (Å²) in [5, 5.41) is 8.06. The number of nitrogens with two attached hydrogens (primary N) is 1. The van der Waals surface area contributed by atoms with Crippen LogP contribution in [0.5, 0.6) is 0 Å². The van der Waals surface area contributed by atoms with Gasteiger partial charge in [-0.2, -0.15) is 9.78 Å². The van der Waals surface area contributed by atoms with Crippen molar-refractivity contribution in [3.8, 4) is 0 Å². The van der Waals surface area contributed by atoms with E-state index >= 15 is 0 Å². The minimum Gasteiger partial charge on any atom is -0.374 e. The first-order valence-electron chi connectivity index (χ1n) is 5.38. The lowest BCUT2D eigenvalue weighted by molar-refractivity contribution is 0.752. The maximum Gasteiger partial charge on any atom is 0.193 e. The van der Waals surface area contributed by atoms with E-state index in [1.807, 2.05) is 0 Å². The zero-order valence-corrected chi connectivity index (χ0v) is 9.73. The van der Waals surface area contributed by atoms with E-state index in [1.165, 1.54) is 18.4 Å². The van der Waals surface area contributed by atoms with E-state index < -0.39 is 0 Å². The second kappa shape index (κ2) is 4.18. The van der Waals surface area contributed by atoms with Gasteiger partial charge in [0.2, 0.25) is 0 Å². The number of unbranched alkanes of at least 4 members (excludes halogenated alkanes) is 1. The van der Waals surface area contributed by atoms with Gasteiger partial charge >= 0.3 is 0 Å². The third kappa shape index (κ3) is 1.84. The molecule has 0 aliphatic carbocycles. The van der Waals surface area contributed by atoms with Crippen molar-refractivity contribution in [2.24, 2.45) is 5.73 Å². The Labute approximate surface area is 94.8 Å². The summed E-state index contributed by atoms with van der Waals surface area (Å²) >= 11 is 4.97. The molecule has 0 spiro atoms. The van der Waals surface area contributed by atoms with Crippen molar-refractivity contribution < 1.29 is 0 Å². The molecule has 0 saturated carbocycles. The molecule has 0 unspecified atom stereocenters. The van der Waals surface area contributed by atoms with Gasteiger partial charge < -0.3 is 11.1 Å². The fraction of sp³-hybridized carbons (Fsp3) is 0.600. The van der Waals surface area contributed by atoms with Crippen molar-refractivity contribution in [2.45, 2.75) is 32.6 Å². The van der Waals surface area contributed by atoms with Crippen molar-refractivity contribution in [2.75, 3.05) is 11.9 Å². The molecule has 0 aromatic carbocycles. The minimum absolute atomic E-state index is 0.323. The summed E-state index contributed by atoms with van der Waals surface area (Å²) in [4.78, 5) is 0. The summed E-state index contributed by atoms with van der Waals surface area (Å²) in [5.74, 6) is 1.01. The van der Waals surface area contributed by atoms with Gasteiger partial charge in [-0.3, -0.25) is 0 Å². The van der Waals surface area contributed by atoms with E-state index in [9.17, 15) is 0 Å². The summed E-state index contributed by atoms with van der Waals surface area (Å²) in [6.07, 6.45) is 4.41. The summed E-state index contributed by atoms with van der Waals surface area (Å²) in [7, 11) is 0. The molecule has 0 bridgehead atoms. The lowest BCUT2D eigenvalue weighted by atomic mass is 10.1. The Balaban J connectivity index is 2.31. The molecule has 1 aromatic heterocycles. The average Bonchev–Trinajstić information content (AvgIpc) is 2.75. The fourth-order valence-corrected chi connectivity index (χ4v) is 2.08. The number of thiocarbonyl (C=S) groups is 1. The van der Waals surface area contributed by atoms with E-state index in [-0.39, 0.29) is 0 Å². The average molecular weight is 224 g/mol. The highest BCUT2D eigenvalue weighted by Gasteiger charge is 2.22. The van der Waals surface area contributed by atoms with Crippen LogP contribution in [0.4, 0.5) is 5.82 Å². The second-order valence-electron chi connectivity index (χ2n) is 3.80. The number of nitrogens with one attached hydrogen (secondary N) is 1. The van der Waals surface area contributed by atoms with Gasteiger partial charge in [0.1, 0.15) is 5.82 Å². The van der Waals surface area contributed by atoms with Gasteiger partial charge in [0.15, 0.2) is 5.11 Å². The normalized spacial score (nSPS) is 13.7. The molecular weight excluding hydrogens is 208 g/mol. The highest BCUT2D eigenvalue weighted by atomic mass is 32.1. The summed E-state index contributed by atoms with van der Waals surface area (Å²) in [6, 6.07) is 0. The van der Waals surface area contributed by atoms with E-state index in [1.54, 1.807) is 4.68 Å². The molecule has 1 aliphatic heterocycles. The topological polar surface area (TPSA) is 55.9 Å². The molecule has 3 N–H and O–H groups in total. The highest BCUT2D eigenvalue weighted by Crippen LogP contribution is 2.26. The number of hydrogen-bond donors (Lipinski definition) is 2. The van der Waals surface area contributed by atoms with Crippen molar-refractivity contribution in [1.29, 1.82) is 0 Å². The lowest BCUT2D eigenvalue weighted by Gasteiger charge is -2.02. The standard InChI is InChI=1S/C10H16N4S/c1-2-3-4-8-7-5-6-12-9(7)14(13-8)10(11)15/h12H,2-6H2,1H3,(H2,11,15). The Kier molecular flexibility index (Phi) is 2.90. The zero-order valence-electron chi connectivity index (χ0n) is 8.92. The molecule has 0 amide bonds. The molecule has 4 nitrogen and oxygen atoms in total. The van der Waals surface area contributed by atoms with Gasteiger partial charge in [0, 0.05) is 12.1 Å². The van der Waals surface area contributed by atoms with Gasteiger partial charge in [0.25, 0.3) is 0 Å². The second-order valence-corrected chi connectivity index (χ2v) is 4.22. The van der Waals surface area contributed by atoms with Gasteiger partial charge in [-0.05, 0) is 31.5 Å². The minimum atomic E-state index is 0.323. The molecule has 1 aromatic rings. The van der Waals surface area contributed by atoms with Gasteiger partial charge in [-0.1, -0.05) is 13.3 Å². The number of aromatic nitrogens is 2. The van der Waals surface area contributed by atoms with Gasteiger partial charge in [-0.25, -0.2) is 0 Å². The number of anilines is 1. The van der Waals surface area contributed by atoms with Crippen LogP contribution < -0.4 is 11.1 Å². The quantitative estimate of drug-likeness (QED) is 0.760. The van der Waals surface area contributed by atoms with Crippen LogP contribution in [0.25, 0.3) is 0 Å². The van der Waals surface area contributed by atoms with Crippen molar-refractivity contribution >= 4 is 23.1 Å². The van der Waals surface area contributed by atoms with Crippen LogP contribution >= 0.6 is 12.2 Å². The van der Waals surface area contributed by atoms with Gasteiger partial charge in [-0.15, -0.1) is 0 Å². The van der Waals surface area contributed by atoms with Crippen LogP contribution in [0.1, 0.15) is 31.0 Å². The molecule has 0 saturated heterocycles. The highest BCUT2D eigenvalue weighted by molar-refractivity contribution is 7.80. The molecule has 0 atom stereocenters. The summed E-state index contributed by atoms with van der Waals surface area (Å²) in [5.41, 5.74) is 8.08. The first kappa shape index (κ1) is 10.4. The smallest absolute Gasteiger partial charge is 0.193 e. The number of fused-ring (bicyclic) bond motifs is 1. The van der Waals surface area contributed by atoms with Crippen molar-refractivity contribution in [1.82, 2.24) is 9.78 Å². The van der Waals surface area contributed by atoms with Crippen molar-refractivity contribution in [3.05, 3.63) is 11.3 Å². The molecule has 1 aliphatic rings. The zero-order chi connectivity index (χ0) is 10.8. The summed E-state index contributed by atoms with van der Waals surface area (Å²) < 4.78 is 1.66. The Hall–Kier alpha value is -1.10.